The smallest absolute Gasteiger partial charge is 0.0730 e. The minimum absolute atomic E-state index is 0.381. The molecule has 0 radical (unpaired) electrons. The summed E-state index contributed by atoms with van der Waals surface area (Å²) in [5, 5.41) is 0. The van der Waals surface area contributed by atoms with Gasteiger partial charge in [0.05, 0.1) is 8.61 Å². The number of halogens is 3. The molecule has 0 saturated carbocycles. The molecule has 0 spiro atoms. The van der Waals surface area contributed by atoms with E-state index in [1.807, 2.05) is 0 Å². The van der Waals surface area contributed by atoms with Gasteiger partial charge in [0.25, 0.3) is 0 Å². The molecule has 0 aliphatic rings. The van der Waals surface area contributed by atoms with Crippen LogP contribution in [0.3, 0.4) is 0 Å². The van der Waals surface area contributed by atoms with Gasteiger partial charge in [-0.2, -0.15) is 0 Å². The average Bonchev–Trinajstić information content (AvgIpc) is 2.59. The first kappa shape index (κ1) is 13.8. The Bertz CT molecular complexity index is 500. The molecule has 2 rings (SSSR count). The molecule has 0 N–H and O–H groups in total. The fourth-order valence-electron chi connectivity index (χ4n) is 1.61. The molecule has 0 amide bonds. The summed E-state index contributed by atoms with van der Waals surface area (Å²) in [6.45, 7) is 2.13. The van der Waals surface area contributed by atoms with Crippen LogP contribution in [0.5, 0.6) is 0 Å². The van der Waals surface area contributed by atoms with E-state index >= 15 is 0 Å². The maximum absolute atomic E-state index is 3.77. The molecule has 90 valence electrons. The van der Waals surface area contributed by atoms with Gasteiger partial charge in [0, 0.05) is 9.35 Å². The molecule has 1 heterocycles. The minimum atomic E-state index is 0.381. The van der Waals surface area contributed by atoms with Crippen LogP contribution in [0.1, 0.15) is 20.8 Å². The molecule has 1 atom stereocenters. The fourth-order valence-corrected chi connectivity index (χ4v) is 4.39. The third kappa shape index (κ3) is 3.66. The fraction of sp³-hybridized carbons (Fsp3) is 0.231. The number of benzene rings is 1. The largest absolute Gasteiger partial charge is 0.132 e. The second-order valence-corrected chi connectivity index (χ2v) is 8.33. The monoisotopic (exact) mass is 436 g/mol. The quantitative estimate of drug-likeness (QED) is 0.496. The number of rotatable bonds is 3. The van der Waals surface area contributed by atoms with Gasteiger partial charge in [-0.05, 0) is 58.6 Å². The van der Waals surface area contributed by atoms with Gasteiger partial charge in [-0.25, -0.2) is 0 Å². The van der Waals surface area contributed by atoms with Crippen LogP contribution >= 0.6 is 59.1 Å². The molecule has 0 saturated heterocycles. The Morgan fingerprint density at radius 2 is 2.00 bits per heavy atom. The van der Waals surface area contributed by atoms with Crippen molar-refractivity contribution in [3.05, 3.63) is 54.6 Å². The zero-order chi connectivity index (χ0) is 12.4. The summed E-state index contributed by atoms with van der Waals surface area (Å²) in [7, 11) is 0. The summed E-state index contributed by atoms with van der Waals surface area (Å²) in [5.41, 5.74) is 2.65. The third-order valence-electron chi connectivity index (χ3n) is 2.49. The molecule has 17 heavy (non-hydrogen) atoms. The lowest BCUT2D eigenvalue weighted by Gasteiger charge is -2.07. The van der Waals surface area contributed by atoms with E-state index in [9.17, 15) is 0 Å². The number of hydrogen-bond donors (Lipinski definition) is 0. The summed E-state index contributed by atoms with van der Waals surface area (Å²) in [4.78, 5) is 1.75. The van der Waals surface area contributed by atoms with Crippen LogP contribution in [0.2, 0.25) is 0 Å². The summed E-state index contributed by atoms with van der Waals surface area (Å²) in [5.74, 6) is 0. The number of hydrogen-bond acceptors (Lipinski definition) is 1. The maximum Gasteiger partial charge on any atom is 0.0730 e. The lowest BCUT2D eigenvalue weighted by molar-refractivity contribution is 0.967. The Balaban J connectivity index is 2.14. The summed E-state index contributed by atoms with van der Waals surface area (Å²) in [6.07, 6.45) is 1.01. The van der Waals surface area contributed by atoms with Crippen LogP contribution in [0.4, 0.5) is 0 Å². The van der Waals surface area contributed by atoms with Crippen molar-refractivity contribution in [2.45, 2.75) is 18.2 Å². The molecule has 1 aromatic carbocycles. The van der Waals surface area contributed by atoms with E-state index in [0.29, 0.717) is 4.83 Å². The van der Waals surface area contributed by atoms with E-state index in [1.54, 1.807) is 11.3 Å². The standard InChI is InChI=1S/C13H11Br3S/c1-8-5-12(17-13(8)16)11(15)7-9-3-2-4-10(14)6-9/h2-6,11H,7H2,1H3. The predicted octanol–water partition coefficient (Wildman–Crippen LogP) is 6.26. The molecule has 0 aliphatic carbocycles. The Hall–Kier alpha value is 0.360. The van der Waals surface area contributed by atoms with Crippen LogP contribution in [0, 0.1) is 6.92 Å². The highest BCUT2D eigenvalue weighted by Gasteiger charge is 2.13. The molecule has 2 aromatic rings. The summed E-state index contributed by atoms with van der Waals surface area (Å²) in [6, 6.07) is 10.7. The van der Waals surface area contributed by atoms with Gasteiger partial charge in [-0.1, -0.05) is 44.0 Å². The van der Waals surface area contributed by atoms with E-state index in [4.69, 9.17) is 0 Å². The van der Waals surface area contributed by atoms with E-state index in [-0.39, 0.29) is 0 Å². The van der Waals surface area contributed by atoms with E-state index in [2.05, 4.69) is 85.0 Å². The van der Waals surface area contributed by atoms with Crippen molar-refractivity contribution in [2.75, 3.05) is 0 Å². The van der Waals surface area contributed by atoms with Crippen LogP contribution in [-0.4, -0.2) is 0 Å². The Morgan fingerprint density at radius 1 is 1.24 bits per heavy atom. The molecule has 0 fully saturated rings. The normalized spacial score (nSPS) is 12.7. The van der Waals surface area contributed by atoms with Gasteiger partial charge in [0.15, 0.2) is 0 Å². The Kier molecular flexibility index (Phi) is 4.87. The highest BCUT2D eigenvalue weighted by Crippen LogP contribution is 2.37. The maximum atomic E-state index is 3.77. The molecule has 1 unspecified atom stereocenters. The topological polar surface area (TPSA) is 0 Å². The first-order valence-corrected chi connectivity index (χ1v) is 8.52. The van der Waals surface area contributed by atoms with Crippen LogP contribution in [0.15, 0.2) is 38.6 Å². The van der Waals surface area contributed by atoms with Crippen LogP contribution in [-0.2, 0) is 6.42 Å². The van der Waals surface area contributed by atoms with Gasteiger partial charge in [-0.15, -0.1) is 11.3 Å². The van der Waals surface area contributed by atoms with Crippen molar-refractivity contribution in [1.82, 2.24) is 0 Å². The lowest BCUT2D eigenvalue weighted by Crippen LogP contribution is -1.92. The van der Waals surface area contributed by atoms with E-state index in [0.717, 1.165) is 10.9 Å². The molecule has 1 aromatic heterocycles. The Labute approximate surface area is 131 Å². The lowest BCUT2D eigenvalue weighted by atomic mass is 10.1. The molecule has 4 heteroatoms. The van der Waals surface area contributed by atoms with Gasteiger partial charge >= 0.3 is 0 Å². The molecular formula is C13H11Br3S. The number of thiophene rings is 1. The second kappa shape index (κ2) is 6.00. The van der Waals surface area contributed by atoms with E-state index in [1.165, 1.54) is 19.8 Å². The van der Waals surface area contributed by atoms with E-state index < -0.39 is 0 Å². The van der Waals surface area contributed by atoms with Crippen molar-refractivity contribution in [1.29, 1.82) is 0 Å². The zero-order valence-electron chi connectivity index (χ0n) is 9.21. The molecule has 0 aliphatic heterocycles. The Morgan fingerprint density at radius 3 is 2.59 bits per heavy atom. The molecule has 0 bridgehead atoms. The summed E-state index contributed by atoms with van der Waals surface area (Å²) < 4.78 is 2.37. The number of aryl methyl sites for hydroxylation is 1. The first-order chi connectivity index (χ1) is 8.06. The highest BCUT2D eigenvalue weighted by molar-refractivity contribution is 9.11. The van der Waals surface area contributed by atoms with Gasteiger partial charge in [-0.3, -0.25) is 0 Å². The van der Waals surface area contributed by atoms with Gasteiger partial charge in [0.1, 0.15) is 0 Å². The summed E-state index contributed by atoms with van der Waals surface area (Å²) >= 11 is 12.6. The average molecular weight is 439 g/mol. The van der Waals surface area contributed by atoms with Crippen molar-refractivity contribution in [2.24, 2.45) is 0 Å². The number of alkyl halides is 1. The minimum Gasteiger partial charge on any atom is -0.132 e. The van der Waals surface area contributed by atoms with Crippen molar-refractivity contribution in [3.63, 3.8) is 0 Å². The molecule has 0 nitrogen and oxygen atoms in total. The first-order valence-electron chi connectivity index (χ1n) is 5.20. The third-order valence-corrected chi connectivity index (χ3v) is 6.35. The van der Waals surface area contributed by atoms with Gasteiger partial charge < -0.3 is 0 Å². The van der Waals surface area contributed by atoms with Crippen molar-refractivity contribution >= 4 is 59.1 Å². The van der Waals surface area contributed by atoms with Crippen molar-refractivity contribution in [3.8, 4) is 0 Å². The molecular weight excluding hydrogens is 428 g/mol. The van der Waals surface area contributed by atoms with Crippen LogP contribution in [0.25, 0.3) is 0 Å². The van der Waals surface area contributed by atoms with Gasteiger partial charge in [0.2, 0.25) is 0 Å². The highest BCUT2D eigenvalue weighted by atomic mass is 79.9. The van der Waals surface area contributed by atoms with Crippen LogP contribution < -0.4 is 0 Å². The second-order valence-electron chi connectivity index (χ2n) is 3.91. The SMILES string of the molecule is Cc1cc(C(Br)Cc2cccc(Br)c2)sc1Br. The predicted molar refractivity (Wildman–Crippen MR) is 86.3 cm³/mol. The zero-order valence-corrected chi connectivity index (χ0v) is 14.8. The van der Waals surface area contributed by atoms with Crippen molar-refractivity contribution < 1.29 is 0 Å².